The monoisotopic (exact) mass is 186 g/mol. The van der Waals surface area contributed by atoms with Gasteiger partial charge in [0, 0.05) is 5.37 Å². The van der Waals surface area contributed by atoms with E-state index in [0.29, 0.717) is 25.5 Å². The van der Waals surface area contributed by atoms with Crippen molar-refractivity contribution in [2.45, 2.75) is 6.92 Å². The molecule has 0 N–H and O–H groups in total. The maximum Gasteiger partial charge on any atom is 0.415 e. The number of carbonyl (C=O) groups is 1. The van der Waals surface area contributed by atoms with Crippen LogP contribution in [0.2, 0.25) is 0 Å². The molecule has 0 saturated carbocycles. The van der Waals surface area contributed by atoms with Crippen LogP contribution in [0, 0.1) is 0 Å². The quantitative estimate of drug-likeness (QED) is 0.600. The van der Waals surface area contributed by atoms with Gasteiger partial charge in [-0.3, -0.25) is 9.89 Å². The number of amides is 1. The molecule has 1 aliphatic heterocycles. The molecule has 5 heteroatoms. The Morgan fingerprint density at radius 2 is 2.67 bits per heavy atom. The zero-order chi connectivity index (χ0) is 8.97. The Kier molecular flexibility index (Phi) is 3.16. The third kappa shape index (κ3) is 1.79. The second kappa shape index (κ2) is 4.15. The fourth-order valence-corrected chi connectivity index (χ4v) is 1.15. The maximum atomic E-state index is 11.2. The molecule has 66 valence electrons. The highest BCUT2D eigenvalue weighted by molar-refractivity contribution is 7.80. The van der Waals surface area contributed by atoms with Crippen LogP contribution in [0.5, 0.6) is 0 Å². The van der Waals surface area contributed by atoms with Crippen molar-refractivity contribution < 1.29 is 9.53 Å². The fraction of sp³-hybridized carbons (Fsp3) is 0.571. The van der Waals surface area contributed by atoms with Gasteiger partial charge in [-0.25, -0.2) is 4.79 Å². The van der Waals surface area contributed by atoms with E-state index in [9.17, 15) is 4.79 Å². The average Bonchev–Trinajstić information content (AvgIpc) is 2.51. The van der Waals surface area contributed by atoms with Gasteiger partial charge in [-0.1, -0.05) is 12.2 Å². The number of hydrogen-bond acceptors (Lipinski definition) is 4. The number of hydrogen-bond donors (Lipinski definition) is 0. The molecule has 4 nitrogen and oxygen atoms in total. The van der Waals surface area contributed by atoms with E-state index in [1.54, 1.807) is 6.92 Å². The molecule has 0 radical (unpaired) electrons. The molecule has 0 saturated heterocycles. The van der Waals surface area contributed by atoms with Gasteiger partial charge in [0.15, 0.2) is 0 Å². The van der Waals surface area contributed by atoms with Crippen LogP contribution in [0.3, 0.4) is 0 Å². The summed E-state index contributed by atoms with van der Waals surface area (Å²) in [6.07, 6.45) is -0.366. The van der Waals surface area contributed by atoms with E-state index in [2.05, 4.69) is 17.2 Å². The summed E-state index contributed by atoms with van der Waals surface area (Å²) in [5.41, 5.74) is 0. The zero-order valence-electron chi connectivity index (χ0n) is 6.82. The summed E-state index contributed by atoms with van der Waals surface area (Å²) >= 11 is 4.69. The number of thiocarbonyl (C=S) groups is 1. The number of ether oxygens (including phenoxy) is 1. The summed E-state index contributed by atoms with van der Waals surface area (Å²) < 4.78 is 4.80. The second-order valence-corrected chi connectivity index (χ2v) is 2.44. The molecule has 0 aromatic carbocycles. The highest BCUT2D eigenvalue weighted by Gasteiger charge is 2.22. The summed E-state index contributed by atoms with van der Waals surface area (Å²) in [5, 5.41) is 1.39. The molecule has 1 heterocycles. The maximum absolute atomic E-state index is 11.2. The van der Waals surface area contributed by atoms with Gasteiger partial charge in [0.1, 0.15) is 5.84 Å². The first-order valence-corrected chi connectivity index (χ1v) is 4.20. The van der Waals surface area contributed by atoms with Crippen molar-refractivity contribution >= 4 is 29.5 Å². The second-order valence-electron chi connectivity index (χ2n) is 2.21. The first-order valence-electron chi connectivity index (χ1n) is 3.73. The van der Waals surface area contributed by atoms with Gasteiger partial charge in [0.25, 0.3) is 0 Å². The van der Waals surface area contributed by atoms with Crippen molar-refractivity contribution in [3.8, 4) is 0 Å². The molecular weight excluding hydrogens is 176 g/mol. The van der Waals surface area contributed by atoms with Crippen LogP contribution in [0.25, 0.3) is 0 Å². The third-order valence-electron chi connectivity index (χ3n) is 1.47. The van der Waals surface area contributed by atoms with Crippen molar-refractivity contribution in [3.63, 3.8) is 0 Å². The van der Waals surface area contributed by atoms with Gasteiger partial charge in [-0.05, 0) is 6.92 Å². The van der Waals surface area contributed by atoms with Crippen LogP contribution in [0.1, 0.15) is 6.92 Å². The molecule has 0 fully saturated rings. The van der Waals surface area contributed by atoms with Crippen LogP contribution in [0.4, 0.5) is 4.79 Å². The number of carbonyl (C=O) groups excluding carboxylic acids is 1. The molecule has 0 atom stereocenters. The van der Waals surface area contributed by atoms with E-state index in [1.807, 2.05) is 0 Å². The Bertz CT molecular complexity index is 227. The van der Waals surface area contributed by atoms with Gasteiger partial charge in [-0.2, -0.15) is 0 Å². The Labute approximate surface area is 76.2 Å². The highest BCUT2D eigenvalue weighted by atomic mass is 32.1. The molecule has 0 unspecified atom stereocenters. The summed E-state index contributed by atoms with van der Waals surface area (Å²) in [6, 6.07) is 0. The van der Waals surface area contributed by atoms with E-state index in [0.717, 1.165) is 0 Å². The SMILES string of the molecule is CCOC(=O)N1CCN=C1C=S. The van der Waals surface area contributed by atoms with E-state index in [1.165, 1.54) is 10.3 Å². The van der Waals surface area contributed by atoms with E-state index in [-0.39, 0.29) is 6.09 Å². The predicted octanol–water partition coefficient (Wildman–Crippen LogP) is 0.857. The molecule has 0 spiro atoms. The summed E-state index contributed by atoms with van der Waals surface area (Å²) in [6.45, 7) is 3.32. The largest absolute Gasteiger partial charge is 0.449 e. The third-order valence-corrected chi connectivity index (χ3v) is 1.68. The van der Waals surface area contributed by atoms with Gasteiger partial charge in [-0.15, -0.1) is 0 Å². The molecular formula is C7H10N2O2S. The normalized spacial score (nSPS) is 15.8. The number of nitrogens with zero attached hydrogens (tertiary/aromatic N) is 2. The fourth-order valence-electron chi connectivity index (χ4n) is 0.952. The number of aliphatic imine (C=N–C) groups is 1. The first-order chi connectivity index (χ1) is 5.79. The molecule has 0 aromatic rings. The van der Waals surface area contributed by atoms with Crippen molar-refractivity contribution in [2.24, 2.45) is 4.99 Å². The summed E-state index contributed by atoms with van der Waals surface area (Å²) in [7, 11) is 0. The van der Waals surface area contributed by atoms with Gasteiger partial charge >= 0.3 is 6.09 Å². The van der Waals surface area contributed by atoms with Crippen LogP contribution >= 0.6 is 12.2 Å². The van der Waals surface area contributed by atoms with Gasteiger partial charge < -0.3 is 4.74 Å². The van der Waals surface area contributed by atoms with E-state index in [4.69, 9.17) is 4.74 Å². The number of amidine groups is 1. The molecule has 0 aromatic heterocycles. The topological polar surface area (TPSA) is 41.9 Å². The first kappa shape index (κ1) is 9.12. The Morgan fingerprint density at radius 3 is 3.25 bits per heavy atom. The van der Waals surface area contributed by atoms with Crippen molar-refractivity contribution in [3.05, 3.63) is 0 Å². The lowest BCUT2D eigenvalue weighted by molar-refractivity contribution is 0.131. The minimum Gasteiger partial charge on any atom is -0.449 e. The minimum absolute atomic E-state index is 0.366. The highest BCUT2D eigenvalue weighted by Crippen LogP contribution is 2.02. The van der Waals surface area contributed by atoms with Crippen molar-refractivity contribution in [2.75, 3.05) is 19.7 Å². The zero-order valence-corrected chi connectivity index (χ0v) is 7.63. The summed E-state index contributed by atoms with van der Waals surface area (Å²) in [4.78, 5) is 16.6. The lowest BCUT2D eigenvalue weighted by atomic mass is 10.5. The van der Waals surface area contributed by atoms with Crippen LogP contribution in [0.15, 0.2) is 4.99 Å². The van der Waals surface area contributed by atoms with Crippen LogP contribution in [-0.2, 0) is 4.74 Å². The molecule has 0 bridgehead atoms. The standard InChI is InChI=1S/C7H10N2O2S/c1-2-11-7(10)9-4-3-8-6(9)5-12/h5H,2-4H2,1H3. The van der Waals surface area contributed by atoms with Crippen molar-refractivity contribution in [1.29, 1.82) is 0 Å². The van der Waals surface area contributed by atoms with E-state index < -0.39 is 0 Å². The molecule has 12 heavy (non-hydrogen) atoms. The predicted molar refractivity (Wildman–Crippen MR) is 49.7 cm³/mol. The number of rotatable bonds is 2. The van der Waals surface area contributed by atoms with Crippen LogP contribution < -0.4 is 0 Å². The van der Waals surface area contributed by atoms with Crippen LogP contribution in [-0.4, -0.2) is 41.9 Å². The Morgan fingerprint density at radius 1 is 1.92 bits per heavy atom. The lowest BCUT2D eigenvalue weighted by Crippen LogP contribution is -2.35. The van der Waals surface area contributed by atoms with Crippen molar-refractivity contribution in [1.82, 2.24) is 4.90 Å². The molecule has 1 aliphatic rings. The molecule has 1 amide bonds. The van der Waals surface area contributed by atoms with Gasteiger partial charge in [0.2, 0.25) is 0 Å². The average molecular weight is 186 g/mol. The Hall–Kier alpha value is -0.970. The van der Waals surface area contributed by atoms with Gasteiger partial charge in [0.05, 0.1) is 19.7 Å². The lowest BCUT2D eigenvalue weighted by Gasteiger charge is -2.14. The summed E-state index contributed by atoms with van der Waals surface area (Å²) in [5.74, 6) is 0.531. The molecule has 0 aliphatic carbocycles. The Balaban J connectivity index is 2.57. The minimum atomic E-state index is -0.366. The molecule has 1 rings (SSSR count). The van der Waals surface area contributed by atoms with E-state index >= 15 is 0 Å². The smallest absolute Gasteiger partial charge is 0.415 e.